The summed E-state index contributed by atoms with van der Waals surface area (Å²) in [5, 5.41) is 23.2. The number of pyridine rings is 1. The number of benzene rings is 1. The summed E-state index contributed by atoms with van der Waals surface area (Å²) >= 11 is 1.51. The molecule has 0 saturated carbocycles. The van der Waals surface area contributed by atoms with Crippen LogP contribution in [0.3, 0.4) is 0 Å². The van der Waals surface area contributed by atoms with Gasteiger partial charge in [0, 0.05) is 36.3 Å². The summed E-state index contributed by atoms with van der Waals surface area (Å²) in [7, 11) is 1.42. The Morgan fingerprint density at radius 1 is 1.11 bits per heavy atom. The Labute approximate surface area is 265 Å². The molecule has 0 aliphatic rings. The average molecular weight is 618 g/mol. The Balaban J connectivity index is 2.47. The first-order valence-electron chi connectivity index (χ1n) is 15.6. The van der Waals surface area contributed by atoms with Crippen molar-refractivity contribution < 1.29 is 9.90 Å². The van der Waals surface area contributed by atoms with E-state index in [1.54, 1.807) is 26.8 Å². The lowest BCUT2D eigenvalue weighted by Crippen LogP contribution is -2.55. The average Bonchev–Trinajstić information content (AvgIpc) is 3.41. The molecule has 3 rings (SSSR count). The van der Waals surface area contributed by atoms with E-state index in [1.165, 1.54) is 18.4 Å². The predicted octanol–water partition coefficient (Wildman–Crippen LogP) is 5.46. The molecule has 8 nitrogen and oxygen atoms in total. The number of nitrogens with zero attached hydrogens (tertiary/aromatic N) is 5. The number of aryl methyl sites for hydroxylation is 2. The number of rotatable bonds is 12. The van der Waals surface area contributed by atoms with Gasteiger partial charge in [-0.1, -0.05) is 97.4 Å². The molecule has 3 aromatic rings. The molecule has 0 saturated heterocycles. The molecule has 9 heteroatoms. The van der Waals surface area contributed by atoms with Crippen molar-refractivity contribution in [1.29, 1.82) is 5.26 Å². The molecule has 0 spiro atoms. The fourth-order valence-corrected chi connectivity index (χ4v) is 6.31. The van der Waals surface area contributed by atoms with Gasteiger partial charge in [-0.25, -0.2) is 9.99 Å². The molecular weight excluding hydrogens is 570 g/mol. The number of carbonyl (C=O) groups is 1. The number of hydrogen-bond donors (Lipinski definition) is 1. The molecule has 1 aromatic carbocycles. The van der Waals surface area contributed by atoms with Crippen LogP contribution in [0.25, 0.3) is 23.9 Å². The van der Waals surface area contributed by atoms with Gasteiger partial charge < -0.3 is 10.0 Å². The quantitative estimate of drug-likeness (QED) is 0.290. The van der Waals surface area contributed by atoms with Gasteiger partial charge in [0.2, 0.25) is 11.8 Å². The fourth-order valence-electron chi connectivity index (χ4n) is 5.25. The van der Waals surface area contributed by atoms with Crippen molar-refractivity contribution in [1.82, 2.24) is 9.66 Å². The van der Waals surface area contributed by atoms with E-state index in [-0.39, 0.29) is 16.0 Å². The van der Waals surface area contributed by atoms with Gasteiger partial charge in [-0.15, -0.1) is 0 Å². The third kappa shape index (κ3) is 7.07. The summed E-state index contributed by atoms with van der Waals surface area (Å²) in [6.45, 7) is 19.6. The predicted molar refractivity (Wildman–Crippen MR) is 182 cm³/mol. The summed E-state index contributed by atoms with van der Waals surface area (Å²) in [4.78, 5) is 35.6. The van der Waals surface area contributed by atoms with Crippen LogP contribution in [0.2, 0.25) is 0 Å². The second-order valence-electron chi connectivity index (χ2n) is 12.1. The number of unbranched alkanes of at least 4 members (excludes halogenated alkanes) is 2. The minimum Gasteiger partial charge on any atom is -0.492 e. The number of amides is 1. The topological polar surface area (TPSA) is 102 Å². The van der Waals surface area contributed by atoms with Gasteiger partial charge in [0.1, 0.15) is 11.6 Å². The highest BCUT2D eigenvalue weighted by Crippen LogP contribution is 2.38. The van der Waals surface area contributed by atoms with Crippen molar-refractivity contribution >= 4 is 35.0 Å². The van der Waals surface area contributed by atoms with Gasteiger partial charge in [0.15, 0.2) is 5.13 Å². The summed E-state index contributed by atoms with van der Waals surface area (Å²) in [6.07, 6.45) is 7.56. The summed E-state index contributed by atoms with van der Waals surface area (Å²) < 4.78 is 0.876. The van der Waals surface area contributed by atoms with Crippen molar-refractivity contribution in [2.45, 2.75) is 87.0 Å². The molecule has 0 unspecified atom stereocenters. The molecule has 1 amide bonds. The van der Waals surface area contributed by atoms with Gasteiger partial charge >= 0.3 is 0 Å². The maximum Gasteiger partial charge on any atom is 0.280 e. The smallest absolute Gasteiger partial charge is 0.280 e. The SMILES string of the molecule is C=c1c(C#N)c(O)n(N(C)C(=O)C(C)(C)C)c(=O)/c1=C\c1sc(N(CCCC)CCCC)nc1-c1c(CC)cccc1CC. The first kappa shape index (κ1) is 34.6. The number of thiazole rings is 1. The number of anilines is 1. The number of aromatic hydroxyl groups is 1. The Bertz CT molecular complexity index is 1680. The first-order valence-corrected chi connectivity index (χ1v) is 16.4. The van der Waals surface area contributed by atoms with Crippen LogP contribution in [0.1, 0.15) is 95.7 Å². The largest absolute Gasteiger partial charge is 0.492 e. The van der Waals surface area contributed by atoms with Crippen molar-refractivity contribution in [2.24, 2.45) is 5.41 Å². The second-order valence-corrected chi connectivity index (χ2v) is 13.1. The summed E-state index contributed by atoms with van der Waals surface area (Å²) in [6, 6.07) is 8.29. The Morgan fingerprint density at radius 3 is 2.16 bits per heavy atom. The normalized spacial score (nSPS) is 11.9. The second kappa shape index (κ2) is 14.7. The van der Waals surface area contributed by atoms with E-state index >= 15 is 0 Å². The number of aromatic nitrogens is 2. The monoisotopic (exact) mass is 617 g/mol. The molecule has 236 valence electrons. The van der Waals surface area contributed by atoms with Crippen LogP contribution >= 0.6 is 11.3 Å². The highest BCUT2D eigenvalue weighted by molar-refractivity contribution is 7.16. The molecule has 0 fully saturated rings. The molecule has 0 radical (unpaired) electrons. The van der Waals surface area contributed by atoms with Crippen LogP contribution in [-0.4, -0.2) is 40.8 Å². The zero-order chi connectivity index (χ0) is 32.8. The molecule has 0 bridgehead atoms. The van der Waals surface area contributed by atoms with E-state index in [0.717, 1.165) is 93.7 Å². The maximum absolute atomic E-state index is 14.1. The first-order chi connectivity index (χ1) is 20.9. The van der Waals surface area contributed by atoms with Gasteiger partial charge in [-0.3, -0.25) is 9.59 Å². The number of carbonyl (C=O) groups excluding carboxylic acids is 1. The molecule has 1 N–H and O–H groups in total. The van der Waals surface area contributed by atoms with Crippen LogP contribution in [0, 0.1) is 16.7 Å². The van der Waals surface area contributed by atoms with E-state index < -0.39 is 22.8 Å². The van der Waals surface area contributed by atoms with Crippen LogP contribution < -0.4 is 25.9 Å². The standard InChI is InChI=1S/C35H47N5O3S/c1-10-14-19-39(20-15-11-2)34-37-30(29-24(12-3)17-16-18-25(29)13-4)28(44-34)21-26-23(5)27(22-36)32(42)40(31(26)41)38(9)33(43)35(6,7)8/h16-18,21,42H,5,10-15,19-20H2,1-4,6-9H3/b26-21-. The van der Waals surface area contributed by atoms with Crippen molar-refractivity contribution in [3.05, 3.63) is 60.6 Å². The molecular formula is C35H47N5O3S. The lowest BCUT2D eigenvalue weighted by Gasteiger charge is -2.27. The molecule has 0 aliphatic heterocycles. The van der Waals surface area contributed by atoms with E-state index in [9.17, 15) is 20.0 Å². The summed E-state index contributed by atoms with van der Waals surface area (Å²) in [5.74, 6) is -1.01. The Morgan fingerprint density at radius 2 is 1.68 bits per heavy atom. The van der Waals surface area contributed by atoms with Crippen molar-refractivity contribution in [3.8, 4) is 23.2 Å². The fraction of sp³-hybridized carbons (Fsp3) is 0.486. The minimum atomic E-state index is -0.832. The Kier molecular flexibility index (Phi) is 11.6. The maximum atomic E-state index is 14.1. The van der Waals surface area contributed by atoms with Gasteiger partial charge in [0.25, 0.3) is 5.56 Å². The zero-order valence-corrected chi connectivity index (χ0v) is 28.4. The molecule has 0 aliphatic carbocycles. The van der Waals surface area contributed by atoms with Crippen molar-refractivity contribution in [2.75, 3.05) is 30.0 Å². The number of hydrogen-bond acceptors (Lipinski definition) is 7. The van der Waals surface area contributed by atoms with Gasteiger partial charge in [-0.05, 0) is 42.9 Å². The van der Waals surface area contributed by atoms with E-state index in [2.05, 4.69) is 57.4 Å². The zero-order valence-electron chi connectivity index (χ0n) is 27.6. The van der Waals surface area contributed by atoms with E-state index in [1.807, 2.05) is 6.07 Å². The van der Waals surface area contributed by atoms with Gasteiger partial charge in [0.05, 0.1) is 15.8 Å². The van der Waals surface area contributed by atoms with Crippen LogP contribution in [0.5, 0.6) is 5.88 Å². The molecule has 44 heavy (non-hydrogen) atoms. The summed E-state index contributed by atoms with van der Waals surface area (Å²) in [5.41, 5.74) is 2.54. The lowest BCUT2D eigenvalue weighted by atomic mass is 9.94. The molecule has 0 atom stereocenters. The van der Waals surface area contributed by atoms with Gasteiger partial charge in [-0.2, -0.15) is 9.94 Å². The molecule has 2 aromatic heterocycles. The van der Waals surface area contributed by atoms with Crippen LogP contribution in [-0.2, 0) is 17.6 Å². The van der Waals surface area contributed by atoms with Crippen LogP contribution in [0.4, 0.5) is 5.13 Å². The Hall–Kier alpha value is -3.90. The molecule has 2 heterocycles. The van der Waals surface area contributed by atoms with Crippen LogP contribution in [0.15, 0.2) is 23.0 Å². The third-order valence-electron chi connectivity index (χ3n) is 7.81. The third-order valence-corrected chi connectivity index (χ3v) is 8.87. The number of nitriles is 1. The highest BCUT2D eigenvalue weighted by atomic mass is 32.1. The van der Waals surface area contributed by atoms with E-state index in [4.69, 9.17) is 4.98 Å². The lowest BCUT2D eigenvalue weighted by molar-refractivity contribution is -0.127. The highest BCUT2D eigenvalue weighted by Gasteiger charge is 2.29. The van der Waals surface area contributed by atoms with E-state index in [0.29, 0.717) is 0 Å². The van der Waals surface area contributed by atoms with Crippen molar-refractivity contribution in [3.63, 3.8) is 0 Å². The minimum absolute atomic E-state index is 0.108.